The Bertz CT molecular complexity index is 1740. The molecule has 2 amide bonds. The molecule has 1 atom stereocenters. The summed E-state index contributed by atoms with van der Waals surface area (Å²) in [4.78, 5) is 29.8. The smallest absolute Gasteiger partial charge is 0.264 e. The summed E-state index contributed by atoms with van der Waals surface area (Å²) < 4.78 is 30.1. The Balaban J connectivity index is 1.80. The van der Waals surface area contributed by atoms with Crippen molar-refractivity contribution in [2.75, 3.05) is 17.4 Å². The topological polar surface area (TPSA) is 86.8 Å². The second-order valence-electron chi connectivity index (χ2n) is 10.9. The van der Waals surface area contributed by atoms with E-state index in [0.717, 1.165) is 32.7 Å². The van der Waals surface area contributed by atoms with Crippen molar-refractivity contribution < 1.29 is 18.0 Å². The van der Waals surface area contributed by atoms with Gasteiger partial charge in [0.2, 0.25) is 11.8 Å². The highest BCUT2D eigenvalue weighted by Gasteiger charge is 2.35. The van der Waals surface area contributed by atoms with Gasteiger partial charge < -0.3 is 10.2 Å². The van der Waals surface area contributed by atoms with Gasteiger partial charge in [0.05, 0.1) is 10.6 Å². The lowest BCUT2D eigenvalue weighted by Gasteiger charge is -2.34. The molecule has 4 rings (SSSR count). The van der Waals surface area contributed by atoms with Crippen molar-refractivity contribution in [1.82, 2.24) is 10.2 Å². The fourth-order valence-electron chi connectivity index (χ4n) is 4.87. The largest absolute Gasteiger partial charge is 0.354 e. The van der Waals surface area contributed by atoms with Crippen LogP contribution < -0.4 is 9.62 Å². The minimum absolute atomic E-state index is 0.0410. The highest BCUT2D eigenvalue weighted by Crippen LogP contribution is 2.28. The first-order valence-corrected chi connectivity index (χ1v) is 17.9. The molecule has 0 saturated heterocycles. The number of hydrogen-bond donors (Lipinski definition) is 1. The lowest BCUT2D eigenvalue weighted by molar-refractivity contribution is -0.140. The van der Waals surface area contributed by atoms with Crippen LogP contribution in [0.15, 0.2) is 106 Å². The first-order valence-electron chi connectivity index (χ1n) is 14.9. The number of amides is 2. The first-order chi connectivity index (χ1) is 22.0. The summed E-state index contributed by atoms with van der Waals surface area (Å²) in [5.74, 6) is -0.913. The van der Waals surface area contributed by atoms with Crippen LogP contribution in [0.25, 0.3) is 0 Å². The van der Waals surface area contributed by atoms with E-state index in [0.29, 0.717) is 27.8 Å². The molecule has 11 heteroatoms. The van der Waals surface area contributed by atoms with Gasteiger partial charge in [0.25, 0.3) is 10.0 Å². The molecular formula is C35H36BrCl2N3O4S. The number of rotatable bonds is 14. The van der Waals surface area contributed by atoms with Crippen molar-refractivity contribution in [3.63, 3.8) is 0 Å². The maximum atomic E-state index is 14.5. The van der Waals surface area contributed by atoms with Crippen LogP contribution in [0.1, 0.15) is 36.5 Å². The normalized spacial score (nSPS) is 11.9. The summed E-state index contributed by atoms with van der Waals surface area (Å²) in [6.07, 6.45) is 1.86. The lowest BCUT2D eigenvalue weighted by Crippen LogP contribution is -2.53. The molecule has 242 valence electrons. The third-order valence-electron chi connectivity index (χ3n) is 7.46. The molecule has 0 aliphatic heterocycles. The lowest BCUT2D eigenvalue weighted by atomic mass is 10.0. The summed E-state index contributed by atoms with van der Waals surface area (Å²) in [5, 5.41) is 3.73. The van der Waals surface area contributed by atoms with Gasteiger partial charge in [0.1, 0.15) is 12.6 Å². The Morgan fingerprint density at radius 2 is 1.59 bits per heavy atom. The Kier molecular flexibility index (Phi) is 12.7. The molecule has 0 spiro atoms. The molecule has 0 aromatic heterocycles. The van der Waals surface area contributed by atoms with Crippen LogP contribution >= 0.6 is 39.1 Å². The SMILES string of the molecule is CCCCNC(=O)[C@H](Cc1ccccc1)N(Cc1ccc(Cl)cc1Cl)C(=O)CN(c1ccc(Br)cc1)S(=O)(=O)c1ccc(C)cc1. The molecule has 4 aromatic rings. The van der Waals surface area contributed by atoms with E-state index in [1.54, 1.807) is 54.6 Å². The second kappa shape index (κ2) is 16.5. The fourth-order valence-corrected chi connectivity index (χ4v) is 7.01. The van der Waals surface area contributed by atoms with Crippen molar-refractivity contribution in [1.29, 1.82) is 0 Å². The van der Waals surface area contributed by atoms with Crippen molar-refractivity contribution in [3.05, 3.63) is 128 Å². The van der Waals surface area contributed by atoms with E-state index in [2.05, 4.69) is 21.2 Å². The van der Waals surface area contributed by atoms with Gasteiger partial charge >= 0.3 is 0 Å². The Labute approximate surface area is 289 Å². The van der Waals surface area contributed by atoms with Gasteiger partial charge in [-0.2, -0.15) is 0 Å². The van der Waals surface area contributed by atoms with E-state index in [1.807, 2.05) is 44.2 Å². The molecule has 1 N–H and O–H groups in total. The minimum Gasteiger partial charge on any atom is -0.354 e. The number of carbonyl (C=O) groups excluding carboxylic acids is 2. The summed E-state index contributed by atoms with van der Waals surface area (Å²) in [7, 11) is -4.19. The van der Waals surface area contributed by atoms with Crippen LogP contribution in [0.5, 0.6) is 0 Å². The summed E-state index contributed by atoms with van der Waals surface area (Å²) >= 11 is 16.1. The zero-order chi connectivity index (χ0) is 33.3. The van der Waals surface area contributed by atoms with Gasteiger partial charge in [-0.05, 0) is 73.0 Å². The van der Waals surface area contributed by atoms with Crippen LogP contribution in [-0.2, 0) is 32.6 Å². The number of anilines is 1. The van der Waals surface area contributed by atoms with Crippen LogP contribution in [0.2, 0.25) is 10.0 Å². The maximum absolute atomic E-state index is 14.5. The average molecular weight is 746 g/mol. The van der Waals surface area contributed by atoms with Gasteiger partial charge in [0.15, 0.2) is 0 Å². The maximum Gasteiger partial charge on any atom is 0.264 e. The number of nitrogens with zero attached hydrogens (tertiary/aromatic N) is 2. The number of carbonyl (C=O) groups is 2. The van der Waals surface area contributed by atoms with E-state index < -0.39 is 28.5 Å². The molecule has 0 fully saturated rings. The third-order valence-corrected chi connectivity index (χ3v) is 10.4. The minimum atomic E-state index is -4.19. The number of aryl methyl sites for hydroxylation is 1. The molecule has 4 aromatic carbocycles. The van der Waals surface area contributed by atoms with Crippen molar-refractivity contribution in [3.8, 4) is 0 Å². The van der Waals surface area contributed by atoms with Crippen LogP contribution in [0, 0.1) is 6.92 Å². The number of nitrogens with one attached hydrogen (secondary N) is 1. The predicted molar refractivity (Wildman–Crippen MR) is 189 cm³/mol. The van der Waals surface area contributed by atoms with E-state index in [4.69, 9.17) is 23.2 Å². The third kappa shape index (κ3) is 9.35. The molecule has 0 aliphatic carbocycles. The Morgan fingerprint density at radius 3 is 2.22 bits per heavy atom. The quantitative estimate of drug-likeness (QED) is 0.134. The van der Waals surface area contributed by atoms with E-state index in [1.165, 1.54) is 17.0 Å². The Morgan fingerprint density at radius 1 is 0.913 bits per heavy atom. The van der Waals surface area contributed by atoms with Gasteiger partial charge in [-0.15, -0.1) is 0 Å². The highest BCUT2D eigenvalue weighted by atomic mass is 79.9. The molecule has 7 nitrogen and oxygen atoms in total. The van der Waals surface area contributed by atoms with E-state index in [-0.39, 0.29) is 23.8 Å². The number of unbranched alkanes of at least 4 members (excludes halogenated alkanes) is 1. The monoisotopic (exact) mass is 743 g/mol. The van der Waals surface area contributed by atoms with Gasteiger partial charge in [-0.3, -0.25) is 13.9 Å². The van der Waals surface area contributed by atoms with Crippen molar-refractivity contribution >= 4 is 66.7 Å². The summed E-state index contributed by atoms with van der Waals surface area (Å²) in [6, 6.07) is 26.5. The Hall–Kier alpha value is -3.37. The average Bonchev–Trinajstić information content (AvgIpc) is 3.03. The first kappa shape index (κ1) is 35.5. The molecule has 0 heterocycles. The number of halogens is 3. The van der Waals surface area contributed by atoms with E-state index >= 15 is 0 Å². The van der Waals surface area contributed by atoms with Gasteiger partial charge in [-0.1, -0.05) is 107 Å². The number of sulfonamides is 1. The number of hydrogen-bond acceptors (Lipinski definition) is 4. The van der Waals surface area contributed by atoms with Gasteiger partial charge in [-0.25, -0.2) is 8.42 Å². The highest BCUT2D eigenvalue weighted by molar-refractivity contribution is 9.10. The molecular weight excluding hydrogens is 709 g/mol. The molecule has 46 heavy (non-hydrogen) atoms. The molecule has 0 radical (unpaired) electrons. The summed E-state index contributed by atoms with van der Waals surface area (Å²) in [5.41, 5.74) is 2.60. The molecule has 0 aliphatic rings. The van der Waals surface area contributed by atoms with Crippen molar-refractivity contribution in [2.24, 2.45) is 0 Å². The van der Waals surface area contributed by atoms with Crippen LogP contribution in [0.3, 0.4) is 0 Å². The zero-order valence-corrected chi connectivity index (χ0v) is 29.5. The summed E-state index contributed by atoms with van der Waals surface area (Å²) in [6.45, 7) is 3.72. The predicted octanol–water partition coefficient (Wildman–Crippen LogP) is 7.82. The van der Waals surface area contributed by atoms with Gasteiger partial charge in [0, 0.05) is 34.0 Å². The van der Waals surface area contributed by atoms with Crippen LogP contribution in [0.4, 0.5) is 5.69 Å². The molecule has 0 saturated carbocycles. The van der Waals surface area contributed by atoms with Crippen LogP contribution in [-0.4, -0.2) is 44.3 Å². The number of benzene rings is 4. The fraction of sp³-hybridized carbons (Fsp3) is 0.257. The second-order valence-corrected chi connectivity index (χ2v) is 14.5. The molecule has 0 unspecified atom stereocenters. The standard InChI is InChI=1S/C35H36BrCl2N3O4S/c1-3-4-20-39-35(43)33(21-26-8-6-5-7-9-26)40(23-27-12-15-29(37)22-32(27)38)34(42)24-41(30-16-13-28(36)14-17-30)46(44,45)31-18-10-25(2)11-19-31/h5-19,22,33H,3-4,20-21,23-24H2,1-2H3,(H,39,43)/t33-/m0/s1. The van der Waals surface area contributed by atoms with Crippen molar-refractivity contribution in [2.45, 2.75) is 50.6 Å². The van der Waals surface area contributed by atoms with E-state index in [9.17, 15) is 18.0 Å². The zero-order valence-electron chi connectivity index (χ0n) is 25.6. The molecule has 0 bridgehead atoms.